The van der Waals surface area contributed by atoms with E-state index in [-0.39, 0.29) is 12.5 Å². The fraction of sp³-hybridized carbons (Fsp3) is 0.387. The predicted octanol–water partition coefficient (Wildman–Crippen LogP) is 5.54. The molecule has 1 heterocycles. The van der Waals surface area contributed by atoms with Crippen molar-refractivity contribution in [2.75, 3.05) is 42.1 Å². The van der Waals surface area contributed by atoms with Gasteiger partial charge in [-0.15, -0.1) is 10.8 Å². The van der Waals surface area contributed by atoms with Crippen molar-refractivity contribution in [3.05, 3.63) is 88.4 Å². The molecule has 0 unspecified atom stereocenters. The third-order valence-electron chi connectivity index (χ3n) is 7.23. The molecule has 4 rings (SSSR count). The first kappa shape index (κ1) is 31.9. The maximum atomic E-state index is 13.7. The average molecular weight is 617 g/mol. The van der Waals surface area contributed by atoms with Crippen molar-refractivity contribution in [1.29, 1.82) is 0 Å². The van der Waals surface area contributed by atoms with Crippen molar-refractivity contribution < 1.29 is 23.7 Å². The van der Waals surface area contributed by atoms with Crippen molar-refractivity contribution in [3.63, 3.8) is 0 Å². The van der Waals surface area contributed by atoms with Crippen molar-refractivity contribution >= 4 is 39.7 Å². The number of carbonyl (C=O) groups excluding carboxylic acids is 1. The van der Waals surface area contributed by atoms with Gasteiger partial charge in [-0.2, -0.15) is 0 Å². The molecule has 2 atom stereocenters. The Labute approximate surface area is 254 Å². The molecular formula is C31H41ClN4O5S. The molecule has 1 aliphatic rings. The molecule has 3 aromatic rings. The molecular weight excluding hydrogens is 576 g/mol. The molecule has 1 aliphatic heterocycles. The second-order valence-electron chi connectivity index (χ2n) is 10.4. The van der Waals surface area contributed by atoms with Crippen LogP contribution in [0.15, 0.2) is 66.7 Å². The van der Waals surface area contributed by atoms with Gasteiger partial charge in [0.2, 0.25) is 0 Å². The number of nitrogens with zero attached hydrogens (tertiary/aromatic N) is 1. The molecule has 1 amide bonds. The second kappa shape index (κ2) is 15.0. The standard InChI is InChI=1S/C31H41ClN4O5S/c1-3-34-25-16-24(17-26(19-25)36-13-6-7-14-42(36,39)40)31(38)35-29(18-23-10-4-5-12-28(23)32)30(37)21-33-20-22-9-8-11-27(15-22)41-2/h4-5,8-12,15-17,19,29-30,33-34,37,39-40H,3,6-7,13-14,18,20-21H2,1-2H3,(H,35,38)/t29-,30-/m0/s1. The van der Waals surface area contributed by atoms with Gasteiger partial charge in [0, 0.05) is 42.5 Å². The van der Waals surface area contributed by atoms with Crippen LogP contribution in [0.5, 0.6) is 5.75 Å². The Kier molecular flexibility index (Phi) is 11.4. The molecule has 228 valence electrons. The lowest BCUT2D eigenvalue weighted by Gasteiger charge is -2.47. The van der Waals surface area contributed by atoms with E-state index in [1.165, 1.54) is 0 Å². The molecule has 6 N–H and O–H groups in total. The molecule has 0 aliphatic carbocycles. The van der Waals surface area contributed by atoms with E-state index in [1.807, 2.05) is 55.5 Å². The summed E-state index contributed by atoms with van der Waals surface area (Å²) in [7, 11) is -1.35. The molecule has 42 heavy (non-hydrogen) atoms. The Hall–Kier alpha value is -2.99. The quantitative estimate of drug-likeness (QED) is 0.148. The third-order valence-corrected chi connectivity index (χ3v) is 9.53. The van der Waals surface area contributed by atoms with Crippen LogP contribution in [0.4, 0.5) is 11.4 Å². The van der Waals surface area contributed by atoms with Crippen LogP contribution in [-0.2, 0) is 13.0 Å². The first-order chi connectivity index (χ1) is 20.2. The summed E-state index contributed by atoms with van der Waals surface area (Å²) in [6.07, 6.45) is 0.964. The van der Waals surface area contributed by atoms with Gasteiger partial charge in [0.1, 0.15) is 5.75 Å². The van der Waals surface area contributed by atoms with Crippen LogP contribution in [0.1, 0.15) is 41.3 Å². The number of aliphatic hydroxyl groups is 1. The largest absolute Gasteiger partial charge is 0.497 e. The van der Waals surface area contributed by atoms with Gasteiger partial charge >= 0.3 is 0 Å². The van der Waals surface area contributed by atoms with E-state index in [9.17, 15) is 19.0 Å². The number of rotatable bonds is 13. The zero-order valence-corrected chi connectivity index (χ0v) is 25.6. The highest BCUT2D eigenvalue weighted by Crippen LogP contribution is 2.50. The number of aliphatic hydroxyl groups excluding tert-OH is 1. The maximum absolute atomic E-state index is 13.7. The fourth-order valence-corrected chi connectivity index (χ4v) is 6.91. The number of amides is 1. The molecule has 1 saturated heterocycles. The summed E-state index contributed by atoms with van der Waals surface area (Å²) in [5.41, 5.74) is 3.43. The van der Waals surface area contributed by atoms with E-state index < -0.39 is 22.9 Å². The van der Waals surface area contributed by atoms with Crippen LogP contribution in [0, 0.1) is 0 Å². The molecule has 9 nitrogen and oxygen atoms in total. The SMILES string of the molecule is CCNc1cc(C(=O)N[C@@H](Cc2ccccc2Cl)[C@@H](O)CNCc2cccc(OC)c2)cc(N2CCCCS2(O)O)c1. The minimum absolute atomic E-state index is 0.226. The normalized spacial score (nSPS) is 16.8. The summed E-state index contributed by atoms with van der Waals surface area (Å²) in [5.74, 6) is 0.673. The smallest absolute Gasteiger partial charge is 0.251 e. The number of hydrogen-bond donors (Lipinski definition) is 6. The number of methoxy groups -OCH3 is 1. The molecule has 0 aromatic heterocycles. The van der Waals surface area contributed by atoms with Crippen molar-refractivity contribution in [3.8, 4) is 5.75 Å². The Morgan fingerprint density at radius 1 is 1.10 bits per heavy atom. The van der Waals surface area contributed by atoms with Gasteiger partial charge in [0.05, 0.1) is 30.7 Å². The molecule has 1 fully saturated rings. The van der Waals surface area contributed by atoms with Gasteiger partial charge in [-0.25, -0.2) is 0 Å². The van der Waals surface area contributed by atoms with Crippen LogP contribution in [0.3, 0.4) is 0 Å². The second-order valence-corrected chi connectivity index (χ2v) is 12.9. The number of ether oxygens (including phenoxy) is 1. The lowest BCUT2D eigenvalue weighted by molar-refractivity contribution is 0.0830. The lowest BCUT2D eigenvalue weighted by atomic mass is 10.00. The van der Waals surface area contributed by atoms with Gasteiger partial charge in [-0.1, -0.05) is 41.9 Å². The summed E-state index contributed by atoms with van der Waals surface area (Å²) >= 11 is 6.45. The molecule has 3 aromatic carbocycles. The van der Waals surface area contributed by atoms with Crippen LogP contribution < -0.4 is 25.0 Å². The number of carbonyl (C=O) groups is 1. The van der Waals surface area contributed by atoms with E-state index in [1.54, 1.807) is 29.6 Å². The van der Waals surface area contributed by atoms with Crippen LogP contribution in [0.25, 0.3) is 0 Å². The lowest BCUT2D eigenvalue weighted by Crippen LogP contribution is -2.48. The first-order valence-corrected chi connectivity index (χ1v) is 16.2. The van der Waals surface area contributed by atoms with Crippen molar-refractivity contribution in [2.45, 2.75) is 44.9 Å². The van der Waals surface area contributed by atoms with E-state index in [0.717, 1.165) is 29.7 Å². The molecule has 0 radical (unpaired) electrons. The summed E-state index contributed by atoms with van der Waals surface area (Å²) in [6.45, 7) is 3.82. The van der Waals surface area contributed by atoms with Gasteiger partial charge in [-0.3, -0.25) is 18.2 Å². The fourth-order valence-electron chi connectivity index (χ4n) is 5.02. The average Bonchev–Trinajstić information content (AvgIpc) is 2.97. The molecule has 0 saturated carbocycles. The van der Waals surface area contributed by atoms with Crippen molar-refractivity contribution in [2.24, 2.45) is 0 Å². The highest BCUT2D eigenvalue weighted by atomic mass is 35.5. The Morgan fingerprint density at radius 2 is 1.90 bits per heavy atom. The highest BCUT2D eigenvalue weighted by Gasteiger charge is 2.29. The summed E-state index contributed by atoms with van der Waals surface area (Å²) in [6, 6.07) is 19.6. The monoisotopic (exact) mass is 616 g/mol. The van der Waals surface area contributed by atoms with Gasteiger partial charge in [-0.05, 0) is 73.7 Å². The minimum atomic E-state index is -2.97. The number of hydrogen-bond acceptors (Lipinski definition) is 8. The minimum Gasteiger partial charge on any atom is -0.497 e. The number of nitrogens with one attached hydrogen (secondary N) is 3. The van der Waals surface area contributed by atoms with Gasteiger partial charge < -0.3 is 25.8 Å². The van der Waals surface area contributed by atoms with Crippen molar-refractivity contribution in [1.82, 2.24) is 10.6 Å². The summed E-state index contributed by atoms with van der Waals surface area (Å²) in [4.78, 5) is 13.7. The van der Waals surface area contributed by atoms with E-state index in [2.05, 4.69) is 16.0 Å². The van der Waals surface area contributed by atoms with E-state index in [0.29, 0.717) is 53.8 Å². The summed E-state index contributed by atoms with van der Waals surface area (Å²) < 4.78 is 28.3. The Balaban J connectivity index is 1.54. The summed E-state index contributed by atoms with van der Waals surface area (Å²) in [5, 5.41) is 21.4. The first-order valence-electron chi connectivity index (χ1n) is 14.2. The zero-order valence-electron chi connectivity index (χ0n) is 24.1. The number of halogens is 1. The van der Waals surface area contributed by atoms with Crippen LogP contribution in [0.2, 0.25) is 5.02 Å². The molecule has 0 spiro atoms. The molecule has 0 bridgehead atoms. The van der Waals surface area contributed by atoms with E-state index >= 15 is 0 Å². The highest BCUT2D eigenvalue weighted by molar-refractivity contribution is 8.25. The molecule has 11 heteroatoms. The maximum Gasteiger partial charge on any atom is 0.251 e. The van der Waals surface area contributed by atoms with Crippen LogP contribution in [-0.4, -0.2) is 64.8 Å². The zero-order chi connectivity index (χ0) is 30.1. The predicted molar refractivity (Wildman–Crippen MR) is 172 cm³/mol. The van der Waals surface area contributed by atoms with Gasteiger partial charge in [0.15, 0.2) is 0 Å². The number of anilines is 2. The topological polar surface area (TPSA) is 126 Å². The van der Waals surface area contributed by atoms with E-state index in [4.69, 9.17) is 16.3 Å². The third kappa shape index (κ3) is 8.53. The van der Waals surface area contributed by atoms with Crippen LogP contribution >= 0.6 is 22.4 Å². The van der Waals surface area contributed by atoms with Gasteiger partial charge in [0.25, 0.3) is 5.91 Å². The number of benzene rings is 3. The Morgan fingerprint density at radius 3 is 2.64 bits per heavy atom. The Bertz CT molecular complexity index is 1340.